The van der Waals surface area contributed by atoms with Crippen LogP contribution in [-0.4, -0.2) is 30.5 Å². The van der Waals surface area contributed by atoms with E-state index in [4.69, 9.17) is 5.73 Å². The second-order valence-electron chi connectivity index (χ2n) is 4.24. The highest BCUT2D eigenvalue weighted by molar-refractivity contribution is 7.99. The first-order valence-corrected chi connectivity index (χ1v) is 7.15. The highest BCUT2D eigenvalue weighted by atomic mass is 35.5. The monoisotopic (exact) mass is 266 g/mol. The van der Waals surface area contributed by atoms with E-state index in [1.165, 1.54) is 32.1 Å². The summed E-state index contributed by atoms with van der Waals surface area (Å²) in [4.78, 5) is 11.5. The Hall–Kier alpha value is 0.0700. The molecule has 0 aromatic rings. The molecule has 0 aliphatic heterocycles. The summed E-state index contributed by atoms with van der Waals surface area (Å²) < 4.78 is 0. The number of halogens is 1. The zero-order chi connectivity index (χ0) is 11.1. The van der Waals surface area contributed by atoms with Gasteiger partial charge in [-0.15, -0.1) is 12.4 Å². The number of nitrogens with two attached hydrogens (primary N) is 1. The third kappa shape index (κ3) is 5.41. The lowest BCUT2D eigenvalue weighted by atomic mass is 9.84. The number of hydrogen-bond donors (Lipinski definition) is 2. The van der Waals surface area contributed by atoms with E-state index < -0.39 is 0 Å². The lowest BCUT2D eigenvalue weighted by Crippen LogP contribution is -2.46. The smallest absolute Gasteiger partial charge is 0.230 e. The largest absolute Gasteiger partial charge is 0.351 e. The summed E-state index contributed by atoms with van der Waals surface area (Å²) in [5, 5.41) is 3.05. The van der Waals surface area contributed by atoms with Gasteiger partial charge in [-0.3, -0.25) is 4.79 Å². The molecule has 1 amide bonds. The lowest BCUT2D eigenvalue weighted by Gasteiger charge is -2.30. The van der Waals surface area contributed by atoms with E-state index >= 15 is 0 Å². The number of carbonyl (C=O) groups is 1. The van der Waals surface area contributed by atoms with Crippen LogP contribution in [0.1, 0.15) is 32.1 Å². The molecule has 5 heteroatoms. The van der Waals surface area contributed by atoms with Gasteiger partial charge in [-0.2, -0.15) is 11.8 Å². The van der Waals surface area contributed by atoms with E-state index in [0.717, 1.165) is 0 Å². The fourth-order valence-corrected chi connectivity index (χ4v) is 2.63. The molecule has 0 aromatic carbocycles. The molecule has 0 radical (unpaired) electrons. The maximum absolute atomic E-state index is 11.5. The van der Waals surface area contributed by atoms with Crippen LogP contribution in [0.4, 0.5) is 0 Å². The summed E-state index contributed by atoms with van der Waals surface area (Å²) in [5.41, 5.74) is 5.73. The second-order valence-corrected chi connectivity index (χ2v) is 5.11. The van der Waals surface area contributed by atoms with Crippen LogP contribution in [-0.2, 0) is 4.79 Å². The van der Waals surface area contributed by atoms with Gasteiger partial charge in [0.25, 0.3) is 0 Å². The number of nitrogens with one attached hydrogen (secondary N) is 1. The van der Waals surface area contributed by atoms with Gasteiger partial charge in [-0.05, 0) is 25.0 Å². The highest BCUT2D eigenvalue weighted by Gasteiger charge is 2.23. The van der Waals surface area contributed by atoms with Crippen LogP contribution >= 0.6 is 24.2 Å². The van der Waals surface area contributed by atoms with Gasteiger partial charge >= 0.3 is 0 Å². The molecule has 1 saturated carbocycles. The minimum Gasteiger partial charge on any atom is -0.351 e. The second kappa shape index (κ2) is 9.14. The topological polar surface area (TPSA) is 55.1 Å². The summed E-state index contributed by atoms with van der Waals surface area (Å²) in [6.45, 7) is 0.574. The van der Waals surface area contributed by atoms with Crippen molar-refractivity contribution in [3.63, 3.8) is 0 Å². The Labute approximate surface area is 109 Å². The van der Waals surface area contributed by atoms with Gasteiger partial charge in [0, 0.05) is 12.6 Å². The zero-order valence-electron chi connectivity index (χ0n) is 9.91. The Bertz CT molecular complexity index is 198. The van der Waals surface area contributed by atoms with Crippen LogP contribution in [0.25, 0.3) is 0 Å². The van der Waals surface area contributed by atoms with Crippen molar-refractivity contribution in [2.45, 2.75) is 38.1 Å². The SMILES string of the molecule is CSCC(=O)NC(CN)C1CCCCC1.Cl. The Kier molecular flexibility index (Phi) is 9.18. The average molecular weight is 267 g/mol. The van der Waals surface area contributed by atoms with Crippen LogP contribution in [0.3, 0.4) is 0 Å². The van der Waals surface area contributed by atoms with E-state index in [9.17, 15) is 4.79 Å². The molecule has 1 unspecified atom stereocenters. The molecule has 3 nitrogen and oxygen atoms in total. The van der Waals surface area contributed by atoms with Crippen molar-refractivity contribution < 1.29 is 4.79 Å². The third-order valence-corrected chi connectivity index (χ3v) is 3.65. The summed E-state index contributed by atoms with van der Waals surface area (Å²) in [7, 11) is 0. The van der Waals surface area contributed by atoms with Crippen molar-refractivity contribution in [2.24, 2.45) is 11.7 Å². The van der Waals surface area contributed by atoms with Crippen LogP contribution in [0.15, 0.2) is 0 Å². The van der Waals surface area contributed by atoms with Gasteiger partial charge in [-0.1, -0.05) is 19.3 Å². The predicted octanol–water partition coefficient (Wildman–Crippen LogP) is 1.79. The van der Waals surface area contributed by atoms with Crippen LogP contribution < -0.4 is 11.1 Å². The van der Waals surface area contributed by atoms with E-state index in [2.05, 4.69) is 5.32 Å². The Morgan fingerprint density at radius 2 is 2.06 bits per heavy atom. The standard InChI is InChI=1S/C11H22N2OS.ClH/c1-15-8-11(14)13-10(7-12)9-5-3-2-4-6-9;/h9-10H,2-8,12H2,1H3,(H,13,14);1H. The third-order valence-electron chi connectivity index (χ3n) is 3.09. The number of rotatable bonds is 5. The minimum atomic E-state index is 0. The molecule has 1 fully saturated rings. The molecular formula is C11H23ClN2OS. The van der Waals surface area contributed by atoms with Crippen molar-refractivity contribution in [1.82, 2.24) is 5.32 Å². The van der Waals surface area contributed by atoms with Crippen molar-refractivity contribution in [1.29, 1.82) is 0 Å². The first-order chi connectivity index (χ1) is 7.27. The van der Waals surface area contributed by atoms with Crippen LogP contribution in [0.5, 0.6) is 0 Å². The van der Waals surface area contributed by atoms with Gasteiger partial charge in [0.05, 0.1) is 5.75 Å². The van der Waals surface area contributed by atoms with Gasteiger partial charge in [0.2, 0.25) is 5.91 Å². The average Bonchev–Trinajstić information content (AvgIpc) is 2.27. The summed E-state index contributed by atoms with van der Waals surface area (Å²) >= 11 is 1.56. The fraction of sp³-hybridized carbons (Fsp3) is 0.909. The molecule has 0 spiro atoms. The van der Waals surface area contributed by atoms with Crippen LogP contribution in [0, 0.1) is 5.92 Å². The summed E-state index contributed by atoms with van der Waals surface area (Å²) in [6.07, 6.45) is 8.31. The molecule has 1 rings (SSSR count). The first-order valence-electron chi connectivity index (χ1n) is 5.76. The Balaban J connectivity index is 0.00000225. The van der Waals surface area contributed by atoms with E-state index in [-0.39, 0.29) is 24.4 Å². The molecule has 16 heavy (non-hydrogen) atoms. The fourth-order valence-electron chi connectivity index (χ4n) is 2.29. The molecule has 0 saturated heterocycles. The van der Waals surface area contributed by atoms with E-state index in [1.54, 1.807) is 11.8 Å². The molecule has 0 bridgehead atoms. The van der Waals surface area contributed by atoms with Gasteiger partial charge in [0.1, 0.15) is 0 Å². The normalized spacial score (nSPS) is 18.6. The maximum Gasteiger partial charge on any atom is 0.230 e. The maximum atomic E-state index is 11.5. The predicted molar refractivity (Wildman–Crippen MR) is 73.2 cm³/mol. The molecule has 1 aliphatic carbocycles. The van der Waals surface area contributed by atoms with Crippen molar-refractivity contribution >= 4 is 30.1 Å². The van der Waals surface area contributed by atoms with E-state index in [1.807, 2.05) is 6.26 Å². The van der Waals surface area contributed by atoms with Gasteiger partial charge in [-0.25, -0.2) is 0 Å². The van der Waals surface area contributed by atoms with E-state index in [0.29, 0.717) is 18.2 Å². The van der Waals surface area contributed by atoms with Crippen LogP contribution in [0.2, 0.25) is 0 Å². The number of hydrogen-bond acceptors (Lipinski definition) is 3. The molecule has 96 valence electrons. The number of amides is 1. The quantitative estimate of drug-likeness (QED) is 0.798. The minimum absolute atomic E-state index is 0. The number of thioether (sulfide) groups is 1. The van der Waals surface area contributed by atoms with Gasteiger partial charge in [0.15, 0.2) is 0 Å². The molecular weight excluding hydrogens is 244 g/mol. The van der Waals surface area contributed by atoms with Crippen molar-refractivity contribution in [3.05, 3.63) is 0 Å². The first kappa shape index (κ1) is 16.1. The highest BCUT2D eigenvalue weighted by Crippen LogP contribution is 2.26. The molecule has 0 aromatic heterocycles. The van der Waals surface area contributed by atoms with Crippen molar-refractivity contribution in [2.75, 3.05) is 18.6 Å². The zero-order valence-corrected chi connectivity index (χ0v) is 11.5. The summed E-state index contributed by atoms with van der Waals surface area (Å²) in [5.74, 6) is 1.28. The summed E-state index contributed by atoms with van der Waals surface area (Å²) in [6, 6.07) is 0.199. The molecule has 3 N–H and O–H groups in total. The lowest BCUT2D eigenvalue weighted by molar-refractivity contribution is -0.119. The van der Waals surface area contributed by atoms with Gasteiger partial charge < -0.3 is 11.1 Å². The molecule has 1 atom stereocenters. The molecule has 1 aliphatic rings. The number of carbonyl (C=O) groups excluding carboxylic acids is 1. The Morgan fingerprint density at radius 3 is 2.56 bits per heavy atom. The Morgan fingerprint density at radius 1 is 1.44 bits per heavy atom. The molecule has 0 heterocycles. The van der Waals surface area contributed by atoms with Crippen molar-refractivity contribution in [3.8, 4) is 0 Å².